The van der Waals surface area contributed by atoms with Crippen LogP contribution in [0, 0.1) is 19.8 Å². The van der Waals surface area contributed by atoms with Crippen LogP contribution in [0.4, 0.5) is 5.13 Å². The Labute approximate surface area is 157 Å². The van der Waals surface area contributed by atoms with Crippen molar-refractivity contribution in [2.24, 2.45) is 5.92 Å². The molecule has 0 radical (unpaired) electrons. The maximum absolute atomic E-state index is 12.7. The quantitative estimate of drug-likeness (QED) is 0.861. The van der Waals surface area contributed by atoms with E-state index in [4.69, 9.17) is 0 Å². The number of carbonyl (C=O) groups is 3. The van der Waals surface area contributed by atoms with Crippen LogP contribution in [0.15, 0.2) is 0 Å². The van der Waals surface area contributed by atoms with Gasteiger partial charge in [0, 0.05) is 37.4 Å². The first-order valence-electron chi connectivity index (χ1n) is 9.19. The van der Waals surface area contributed by atoms with Crippen molar-refractivity contribution < 1.29 is 14.4 Å². The molecule has 2 saturated heterocycles. The van der Waals surface area contributed by atoms with Crippen LogP contribution in [-0.2, 0) is 14.4 Å². The van der Waals surface area contributed by atoms with Crippen molar-refractivity contribution in [3.8, 4) is 0 Å². The van der Waals surface area contributed by atoms with Crippen molar-refractivity contribution >= 4 is 34.1 Å². The predicted molar refractivity (Wildman–Crippen MR) is 100 cm³/mol. The molecule has 3 rings (SSSR count). The number of aromatic nitrogens is 1. The van der Waals surface area contributed by atoms with Crippen molar-refractivity contribution in [3.05, 3.63) is 10.6 Å². The number of hydrogen-bond acceptors (Lipinski definition) is 6. The summed E-state index contributed by atoms with van der Waals surface area (Å²) >= 11 is 1.48. The van der Waals surface area contributed by atoms with Crippen LogP contribution in [0.2, 0.25) is 0 Å². The van der Waals surface area contributed by atoms with Gasteiger partial charge in [-0.2, -0.15) is 0 Å². The lowest BCUT2D eigenvalue weighted by Crippen LogP contribution is -2.48. The number of nitrogens with zero attached hydrogens (tertiary/aromatic N) is 3. The number of nitrogens with one attached hydrogen (secondary N) is 1. The van der Waals surface area contributed by atoms with E-state index >= 15 is 0 Å². The number of carbonyl (C=O) groups excluding carboxylic acids is 3. The Bertz CT molecular complexity index is 673. The van der Waals surface area contributed by atoms with Gasteiger partial charge >= 0.3 is 0 Å². The van der Waals surface area contributed by atoms with Crippen LogP contribution in [0.5, 0.6) is 0 Å². The maximum atomic E-state index is 12.7. The summed E-state index contributed by atoms with van der Waals surface area (Å²) in [5.41, 5.74) is 0.939. The van der Waals surface area contributed by atoms with E-state index in [-0.39, 0.29) is 30.1 Å². The van der Waals surface area contributed by atoms with E-state index in [9.17, 15) is 14.4 Å². The van der Waals surface area contributed by atoms with E-state index in [1.54, 1.807) is 0 Å². The number of aryl methyl sites for hydroxylation is 2. The molecule has 1 unspecified atom stereocenters. The van der Waals surface area contributed by atoms with Crippen LogP contribution in [0.1, 0.15) is 36.3 Å². The lowest BCUT2D eigenvalue weighted by molar-refractivity contribution is -0.140. The molecule has 1 N–H and O–H groups in total. The van der Waals surface area contributed by atoms with E-state index in [1.807, 2.05) is 23.6 Å². The standard InChI is InChI=1S/C18H26N4O3S/c1-12-13(2)26-18(19-12)20-16(24)11-21-7-3-4-14(10-21)17(25)22-8-5-15(23)6-9-22/h14H,3-11H2,1-2H3,(H,19,20,24). The van der Waals surface area contributed by atoms with Crippen LogP contribution in [0.3, 0.4) is 0 Å². The van der Waals surface area contributed by atoms with Gasteiger partial charge in [-0.25, -0.2) is 4.98 Å². The highest BCUT2D eigenvalue weighted by atomic mass is 32.1. The van der Waals surface area contributed by atoms with Crippen molar-refractivity contribution in [2.45, 2.75) is 39.5 Å². The molecule has 8 heteroatoms. The Balaban J connectivity index is 1.50. The topological polar surface area (TPSA) is 82.6 Å². The molecule has 26 heavy (non-hydrogen) atoms. The van der Waals surface area contributed by atoms with Gasteiger partial charge in [0.2, 0.25) is 11.8 Å². The van der Waals surface area contributed by atoms with E-state index in [0.717, 1.165) is 30.0 Å². The number of rotatable bonds is 4. The van der Waals surface area contributed by atoms with Crippen molar-refractivity contribution in [1.29, 1.82) is 0 Å². The molecule has 3 heterocycles. The monoisotopic (exact) mass is 378 g/mol. The Morgan fingerprint density at radius 2 is 1.96 bits per heavy atom. The summed E-state index contributed by atoms with van der Waals surface area (Å²) in [7, 11) is 0. The minimum atomic E-state index is -0.0876. The summed E-state index contributed by atoms with van der Waals surface area (Å²) < 4.78 is 0. The Kier molecular flexibility index (Phi) is 6.03. The molecule has 142 valence electrons. The van der Waals surface area contributed by atoms with Gasteiger partial charge in [0.05, 0.1) is 18.2 Å². The highest BCUT2D eigenvalue weighted by Gasteiger charge is 2.31. The largest absolute Gasteiger partial charge is 0.342 e. The average Bonchev–Trinajstić information content (AvgIpc) is 2.92. The zero-order valence-electron chi connectivity index (χ0n) is 15.4. The van der Waals surface area contributed by atoms with Crippen LogP contribution < -0.4 is 5.32 Å². The van der Waals surface area contributed by atoms with E-state index in [1.165, 1.54) is 11.3 Å². The predicted octanol–water partition coefficient (Wildman–Crippen LogP) is 1.60. The molecule has 7 nitrogen and oxygen atoms in total. The molecule has 1 aromatic heterocycles. The summed E-state index contributed by atoms with van der Waals surface area (Å²) in [6.45, 7) is 6.70. The van der Waals surface area contributed by atoms with E-state index < -0.39 is 0 Å². The zero-order chi connectivity index (χ0) is 18.7. The van der Waals surface area contributed by atoms with Gasteiger partial charge in [-0.15, -0.1) is 11.3 Å². The fraction of sp³-hybridized carbons (Fsp3) is 0.667. The molecule has 0 aromatic carbocycles. The molecule has 2 fully saturated rings. The van der Waals surface area contributed by atoms with Crippen molar-refractivity contribution in [2.75, 3.05) is 38.0 Å². The molecule has 2 aliphatic heterocycles. The second-order valence-corrected chi connectivity index (χ2v) is 8.35. The number of ketones is 1. The number of hydrogen-bond donors (Lipinski definition) is 1. The van der Waals surface area contributed by atoms with Gasteiger partial charge in [0.25, 0.3) is 0 Å². The average molecular weight is 378 g/mol. The molecule has 1 aromatic rings. The highest BCUT2D eigenvalue weighted by Crippen LogP contribution is 2.22. The Morgan fingerprint density at radius 1 is 1.23 bits per heavy atom. The normalized spacial score (nSPS) is 21.7. The molecule has 1 atom stereocenters. The number of piperidine rings is 2. The van der Waals surface area contributed by atoms with Gasteiger partial charge in [0.1, 0.15) is 5.78 Å². The summed E-state index contributed by atoms with van der Waals surface area (Å²) in [5, 5.41) is 3.49. The molecule has 2 amide bonds. The lowest BCUT2D eigenvalue weighted by atomic mass is 9.95. The molecule has 0 spiro atoms. The number of amides is 2. The highest BCUT2D eigenvalue weighted by molar-refractivity contribution is 7.15. The molecule has 0 bridgehead atoms. The number of anilines is 1. The maximum Gasteiger partial charge on any atom is 0.240 e. The van der Waals surface area contributed by atoms with Crippen molar-refractivity contribution in [1.82, 2.24) is 14.8 Å². The summed E-state index contributed by atoms with van der Waals surface area (Å²) in [4.78, 5) is 45.7. The molecule has 0 aliphatic carbocycles. The second-order valence-electron chi connectivity index (χ2n) is 7.15. The fourth-order valence-corrected chi connectivity index (χ4v) is 4.35. The Morgan fingerprint density at radius 3 is 2.62 bits per heavy atom. The molecule has 0 saturated carbocycles. The zero-order valence-corrected chi connectivity index (χ0v) is 16.2. The summed E-state index contributed by atoms with van der Waals surface area (Å²) in [6, 6.07) is 0. The second kappa shape index (κ2) is 8.26. The number of thiazole rings is 1. The van der Waals surface area contributed by atoms with Crippen LogP contribution >= 0.6 is 11.3 Å². The lowest BCUT2D eigenvalue weighted by Gasteiger charge is -2.35. The van der Waals surface area contributed by atoms with E-state index in [0.29, 0.717) is 37.6 Å². The number of likely N-dealkylation sites (tertiary alicyclic amines) is 2. The third kappa shape index (κ3) is 4.67. The van der Waals surface area contributed by atoms with Crippen LogP contribution in [0.25, 0.3) is 0 Å². The van der Waals surface area contributed by atoms with Gasteiger partial charge in [-0.05, 0) is 33.2 Å². The first-order valence-corrected chi connectivity index (χ1v) is 10.0. The van der Waals surface area contributed by atoms with Crippen LogP contribution in [-0.4, -0.2) is 65.1 Å². The van der Waals surface area contributed by atoms with Gasteiger partial charge in [0.15, 0.2) is 5.13 Å². The van der Waals surface area contributed by atoms with Gasteiger partial charge < -0.3 is 10.2 Å². The fourth-order valence-electron chi connectivity index (χ4n) is 3.52. The SMILES string of the molecule is Cc1nc(NC(=O)CN2CCCC(C(=O)N3CCC(=O)CC3)C2)sc1C. The van der Waals surface area contributed by atoms with Gasteiger partial charge in [-0.3, -0.25) is 19.3 Å². The number of Topliss-reactive ketones (excluding diaryl/α,β-unsaturated/α-hetero) is 1. The third-order valence-electron chi connectivity index (χ3n) is 5.13. The Hall–Kier alpha value is -1.80. The van der Waals surface area contributed by atoms with Crippen molar-refractivity contribution in [3.63, 3.8) is 0 Å². The minimum absolute atomic E-state index is 0.0749. The summed E-state index contributed by atoms with van der Waals surface area (Å²) in [6.07, 6.45) is 2.70. The minimum Gasteiger partial charge on any atom is -0.342 e. The summed E-state index contributed by atoms with van der Waals surface area (Å²) in [5.74, 6) is 0.210. The third-order valence-corrected chi connectivity index (χ3v) is 6.12. The van der Waals surface area contributed by atoms with E-state index in [2.05, 4.69) is 10.3 Å². The van der Waals surface area contributed by atoms with Gasteiger partial charge in [-0.1, -0.05) is 0 Å². The molecular formula is C18H26N4O3S. The smallest absolute Gasteiger partial charge is 0.240 e. The molecule has 2 aliphatic rings. The molecular weight excluding hydrogens is 352 g/mol. The first kappa shape index (κ1) is 19.0. The first-order chi connectivity index (χ1) is 12.4.